The van der Waals surface area contributed by atoms with Crippen LogP contribution >= 0.6 is 11.6 Å². The van der Waals surface area contributed by atoms with Crippen molar-refractivity contribution in [3.63, 3.8) is 0 Å². The van der Waals surface area contributed by atoms with E-state index in [4.69, 9.17) is 17.3 Å². The Kier molecular flexibility index (Phi) is 5.26. The van der Waals surface area contributed by atoms with E-state index in [2.05, 4.69) is 20.4 Å². The number of hydrogen-bond acceptors (Lipinski definition) is 5. The summed E-state index contributed by atoms with van der Waals surface area (Å²) in [5.74, 6) is -0.173. The Balaban J connectivity index is 1.85. The molecule has 160 valence electrons. The summed E-state index contributed by atoms with van der Waals surface area (Å²) < 4.78 is 28.9. The first-order chi connectivity index (χ1) is 14.6. The van der Waals surface area contributed by atoms with Gasteiger partial charge in [0.2, 0.25) is 5.95 Å². The van der Waals surface area contributed by atoms with Crippen molar-refractivity contribution in [3.05, 3.63) is 64.7 Å². The molecule has 0 bridgehead atoms. The van der Waals surface area contributed by atoms with E-state index in [1.807, 2.05) is 20.8 Å². The maximum atomic E-state index is 13.7. The number of nitrogen functional groups attached to an aromatic ring is 1. The molecule has 3 N–H and O–H groups in total. The van der Waals surface area contributed by atoms with E-state index < -0.39 is 11.4 Å². The molecule has 6 nitrogen and oxygen atoms in total. The van der Waals surface area contributed by atoms with E-state index in [0.29, 0.717) is 34.7 Å². The number of aromatic nitrogens is 4. The Morgan fingerprint density at radius 3 is 2.55 bits per heavy atom. The lowest BCUT2D eigenvalue weighted by Crippen LogP contribution is -2.24. The van der Waals surface area contributed by atoms with Crippen LogP contribution in [-0.2, 0) is 12.1 Å². The molecule has 4 rings (SSSR count). The number of nitrogens with two attached hydrogens (primary N) is 1. The van der Waals surface area contributed by atoms with Crippen molar-refractivity contribution < 1.29 is 8.78 Å². The molecule has 9 heteroatoms. The summed E-state index contributed by atoms with van der Waals surface area (Å²) in [5, 5.41) is 8.19. The summed E-state index contributed by atoms with van der Waals surface area (Å²) in [7, 11) is 0. The van der Waals surface area contributed by atoms with Crippen LogP contribution in [0.5, 0.6) is 0 Å². The van der Waals surface area contributed by atoms with Crippen LogP contribution in [0.3, 0.4) is 0 Å². The second-order valence-corrected chi connectivity index (χ2v) is 8.58. The minimum Gasteiger partial charge on any atom is -0.383 e. The third-order valence-electron chi connectivity index (χ3n) is 4.74. The first-order valence-electron chi connectivity index (χ1n) is 9.64. The fourth-order valence-corrected chi connectivity index (χ4v) is 3.46. The highest BCUT2D eigenvalue weighted by Gasteiger charge is 2.24. The molecule has 0 aliphatic rings. The monoisotopic (exact) mass is 442 g/mol. The summed E-state index contributed by atoms with van der Waals surface area (Å²) in [6, 6.07) is 10.6. The lowest BCUT2D eigenvalue weighted by Gasteiger charge is -2.20. The third-order valence-corrected chi connectivity index (χ3v) is 5.03. The summed E-state index contributed by atoms with van der Waals surface area (Å²) >= 11 is 6.01. The third kappa shape index (κ3) is 4.16. The van der Waals surface area contributed by atoms with Gasteiger partial charge in [0, 0.05) is 12.1 Å². The number of anilines is 2. The zero-order valence-corrected chi connectivity index (χ0v) is 18.0. The topological polar surface area (TPSA) is 81.7 Å². The molecule has 31 heavy (non-hydrogen) atoms. The minimum absolute atomic E-state index is 0.0275. The van der Waals surface area contributed by atoms with Gasteiger partial charge in [0.05, 0.1) is 21.6 Å². The second kappa shape index (κ2) is 7.77. The number of halogens is 3. The molecule has 0 amide bonds. The van der Waals surface area contributed by atoms with E-state index in [1.54, 1.807) is 22.9 Å². The molecule has 0 spiro atoms. The Bertz CT molecular complexity index is 1280. The average molecular weight is 443 g/mol. The van der Waals surface area contributed by atoms with Gasteiger partial charge >= 0.3 is 0 Å². The number of fused-ring (bicyclic) bond motifs is 1. The summed E-state index contributed by atoms with van der Waals surface area (Å²) in [5.41, 5.74) is 8.19. The number of rotatable bonds is 4. The van der Waals surface area contributed by atoms with Crippen LogP contribution in [-0.4, -0.2) is 19.7 Å². The van der Waals surface area contributed by atoms with Crippen LogP contribution in [0, 0.1) is 11.6 Å². The molecule has 0 saturated carbocycles. The van der Waals surface area contributed by atoms with Crippen molar-refractivity contribution in [3.8, 4) is 11.3 Å². The van der Waals surface area contributed by atoms with Gasteiger partial charge in [0.15, 0.2) is 5.65 Å². The fraction of sp³-hybridized carbons (Fsp3) is 0.227. The van der Waals surface area contributed by atoms with Crippen LogP contribution in [0.4, 0.5) is 20.5 Å². The van der Waals surface area contributed by atoms with Gasteiger partial charge in [-0.3, -0.25) is 0 Å². The van der Waals surface area contributed by atoms with Crippen LogP contribution in [0.1, 0.15) is 26.3 Å². The van der Waals surface area contributed by atoms with Gasteiger partial charge < -0.3 is 11.1 Å². The van der Waals surface area contributed by atoms with Crippen LogP contribution in [0.2, 0.25) is 5.02 Å². The highest BCUT2D eigenvalue weighted by molar-refractivity contribution is 6.31. The maximum Gasteiger partial charge on any atom is 0.225 e. The SMILES string of the molecule is CC(C)(C)n1nc2nc(NCc3cccc(F)c3)nc(-c3ccc(F)c(Cl)c3)c2c1N. The molecular weight excluding hydrogens is 422 g/mol. The van der Waals surface area contributed by atoms with E-state index in [1.165, 1.54) is 24.3 Å². The van der Waals surface area contributed by atoms with Crippen LogP contribution < -0.4 is 11.1 Å². The van der Waals surface area contributed by atoms with Crippen molar-refractivity contribution in [2.45, 2.75) is 32.9 Å². The fourth-order valence-electron chi connectivity index (χ4n) is 3.28. The first-order valence-corrected chi connectivity index (χ1v) is 10.0. The number of hydrogen-bond donors (Lipinski definition) is 2. The molecule has 0 aliphatic heterocycles. The first kappa shape index (κ1) is 21.0. The molecule has 2 aromatic heterocycles. The molecule has 2 aromatic carbocycles. The number of nitrogens with zero attached hydrogens (tertiary/aromatic N) is 4. The van der Waals surface area contributed by atoms with Crippen molar-refractivity contribution in [2.24, 2.45) is 0 Å². The maximum absolute atomic E-state index is 13.7. The van der Waals surface area contributed by atoms with E-state index in [9.17, 15) is 8.78 Å². The van der Waals surface area contributed by atoms with Gasteiger partial charge in [-0.05, 0) is 56.7 Å². The molecule has 0 unspecified atom stereocenters. The van der Waals surface area contributed by atoms with Gasteiger partial charge in [0.25, 0.3) is 0 Å². The van der Waals surface area contributed by atoms with Crippen molar-refractivity contribution >= 4 is 34.4 Å². The Hall–Kier alpha value is -3.26. The van der Waals surface area contributed by atoms with E-state index in [0.717, 1.165) is 5.56 Å². The average Bonchev–Trinajstić information content (AvgIpc) is 3.05. The van der Waals surface area contributed by atoms with Crippen molar-refractivity contribution in [1.82, 2.24) is 19.7 Å². The molecule has 0 atom stereocenters. The predicted octanol–water partition coefficient (Wildman–Crippen LogP) is 5.37. The predicted molar refractivity (Wildman–Crippen MR) is 119 cm³/mol. The number of benzene rings is 2. The zero-order chi connectivity index (χ0) is 22.3. The lowest BCUT2D eigenvalue weighted by atomic mass is 10.1. The molecule has 0 aliphatic carbocycles. The van der Waals surface area contributed by atoms with Crippen molar-refractivity contribution in [1.29, 1.82) is 0 Å². The largest absolute Gasteiger partial charge is 0.383 e. The molecule has 0 saturated heterocycles. The van der Waals surface area contributed by atoms with Gasteiger partial charge in [-0.2, -0.15) is 4.98 Å². The van der Waals surface area contributed by atoms with Crippen LogP contribution in [0.25, 0.3) is 22.3 Å². The smallest absolute Gasteiger partial charge is 0.225 e. The number of nitrogens with one attached hydrogen (secondary N) is 1. The van der Waals surface area contributed by atoms with E-state index >= 15 is 0 Å². The standard InChI is InChI=1S/C22H21ClF2N6/c1-22(2,3)31-19(26)17-18(13-7-8-16(25)15(23)10-13)28-21(29-20(17)30-31)27-11-12-5-4-6-14(24)9-12/h4-10H,11,26H2,1-3H3,(H,27,29,30). The highest BCUT2D eigenvalue weighted by Crippen LogP contribution is 2.35. The molecule has 2 heterocycles. The molecule has 0 fully saturated rings. The normalized spacial score (nSPS) is 11.8. The summed E-state index contributed by atoms with van der Waals surface area (Å²) in [4.78, 5) is 9.10. The molecular formula is C22H21ClF2N6. The summed E-state index contributed by atoms with van der Waals surface area (Å²) in [6.45, 7) is 6.23. The van der Waals surface area contributed by atoms with Gasteiger partial charge in [0.1, 0.15) is 17.5 Å². The Morgan fingerprint density at radius 2 is 1.87 bits per heavy atom. The van der Waals surface area contributed by atoms with Gasteiger partial charge in [-0.25, -0.2) is 18.4 Å². The molecule has 0 radical (unpaired) electrons. The lowest BCUT2D eigenvalue weighted by molar-refractivity contribution is 0.364. The minimum atomic E-state index is -0.529. The Labute approximate surface area is 183 Å². The quantitative estimate of drug-likeness (QED) is 0.443. The highest BCUT2D eigenvalue weighted by atomic mass is 35.5. The van der Waals surface area contributed by atoms with Crippen LogP contribution in [0.15, 0.2) is 42.5 Å². The molecule has 4 aromatic rings. The summed E-state index contributed by atoms with van der Waals surface area (Å²) in [6.07, 6.45) is 0. The second-order valence-electron chi connectivity index (χ2n) is 8.17. The van der Waals surface area contributed by atoms with Gasteiger partial charge in [-0.1, -0.05) is 23.7 Å². The van der Waals surface area contributed by atoms with E-state index in [-0.39, 0.29) is 16.8 Å². The Morgan fingerprint density at radius 1 is 1.10 bits per heavy atom. The van der Waals surface area contributed by atoms with Crippen molar-refractivity contribution in [2.75, 3.05) is 11.1 Å². The van der Waals surface area contributed by atoms with Gasteiger partial charge in [-0.15, -0.1) is 5.10 Å². The zero-order valence-electron chi connectivity index (χ0n) is 17.2.